The molecule has 0 aliphatic carbocycles. The second kappa shape index (κ2) is 17.6. The average Bonchev–Trinajstić information content (AvgIpc) is 3.74. The van der Waals surface area contributed by atoms with Crippen molar-refractivity contribution in [3.63, 3.8) is 0 Å². The van der Waals surface area contributed by atoms with E-state index in [2.05, 4.69) is 167 Å². The number of allylic oxidation sites excluding steroid dienone is 8. The minimum atomic E-state index is 0.799. The second-order valence-corrected chi connectivity index (χ2v) is 12.6. The van der Waals surface area contributed by atoms with Gasteiger partial charge in [-0.25, -0.2) is 0 Å². The van der Waals surface area contributed by atoms with Gasteiger partial charge in [-0.15, -0.1) is 0 Å². The van der Waals surface area contributed by atoms with Gasteiger partial charge in [0, 0.05) is 38.6 Å². The number of nitrogens with zero attached hydrogens (tertiary/aromatic N) is 2. The molecule has 3 heteroatoms. The summed E-state index contributed by atoms with van der Waals surface area (Å²) >= 11 is 0. The molecule has 262 valence electrons. The predicted molar refractivity (Wildman–Crippen MR) is 232 cm³/mol. The molecule has 0 unspecified atom stereocenters. The summed E-state index contributed by atoms with van der Waals surface area (Å²) in [5, 5.41) is 5.13. The molecule has 2 N–H and O–H groups in total. The molecular weight excluding hydrogens is 643 g/mol. The third-order valence-electron chi connectivity index (χ3n) is 9.26. The minimum absolute atomic E-state index is 0.799. The molecule has 0 spiro atoms. The van der Waals surface area contributed by atoms with E-state index in [1.54, 1.807) is 6.08 Å². The Labute approximate surface area is 313 Å². The monoisotopic (exact) mass is 689 g/mol. The molecule has 0 fully saturated rings. The van der Waals surface area contributed by atoms with E-state index >= 15 is 0 Å². The molecule has 2 aromatic heterocycles. The van der Waals surface area contributed by atoms with E-state index in [1.165, 1.54) is 54.9 Å². The Morgan fingerprint density at radius 1 is 0.528 bits per heavy atom. The summed E-state index contributed by atoms with van der Waals surface area (Å²) < 4.78 is 4.66. The zero-order valence-corrected chi connectivity index (χ0v) is 30.9. The maximum Gasteiger partial charge on any atom is 0.0541 e. The van der Waals surface area contributed by atoms with Crippen LogP contribution >= 0.6 is 0 Å². The molecule has 0 saturated heterocycles. The van der Waals surface area contributed by atoms with Crippen LogP contribution in [0.1, 0.15) is 31.9 Å². The summed E-state index contributed by atoms with van der Waals surface area (Å²) in [7, 11) is 0. The lowest BCUT2D eigenvalue weighted by Gasteiger charge is -2.10. The molecule has 6 aromatic carbocycles. The molecular formula is C50H47N3. The molecule has 0 atom stereocenters. The first-order valence-corrected chi connectivity index (χ1v) is 18.2. The minimum Gasteiger partial charge on any atom is -0.399 e. The van der Waals surface area contributed by atoms with E-state index in [4.69, 9.17) is 5.73 Å². The van der Waals surface area contributed by atoms with Crippen LogP contribution in [0.15, 0.2) is 201 Å². The zero-order chi connectivity index (χ0) is 37.0. The highest BCUT2D eigenvalue weighted by Crippen LogP contribution is 2.33. The lowest BCUT2D eigenvalue weighted by molar-refractivity contribution is 1.15. The van der Waals surface area contributed by atoms with Crippen molar-refractivity contribution >= 4 is 49.3 Å². The zero-order valence-electron chi connectivity index (χ0n) is 30.9. The molecule has 8 aromatic rings. The van der Waals surface area contributed by atoms with E-state index in [1.807, 2.05) is 57.2 Å². The summed E-state index contributed by atoms with van der Waals surface area (Å²) in [6.07, 6.45) is 16.8. The Morgan fingerprint density at radius 3 is 1.43 bits per heavy atom. The number of aromatic nitrogens is 2. The van der Waals surface area contributed by atoms with Crippen LogP contribution in [0.4, 0.5) is 0 Å². The lowest BCUT2D eigenvalue weighted by atomic mass is 10.1. The van der Waals surface area contributed by atoms with Gasteiger partial charge in [0.1, 0.15) is 0 Å². The van der Waals surface area contributed by atoms with E-state index in [0.29, 0.717) is 0 Å². The van der Waals surface area contributed by atoms with Gasteiger partial charge in [-0.05, 0) is 86.8 Å². The van der Waals surface area contributed by atoms with Crippen molar-refractivity contribution in [3.8, 4) is 11.4 Å². The lowest BCUT2D eigenvalue weighted by Crippen LogP contribution is -1.99. The van der Waals surface area contributed by atoms with E-state index < -0.39 is 0 Å². The van der Waals surface area contributed by atoms with Crippen molar-refractivity contribution in [3.05, 3.63) is 212 Å². The first-order chi connectivity index (χ1) is 26.1. The molecule has 0 radical (unpaired) electrons. The molecule has 0 aliphatic heterocycles. The number of hydrogen-bond acceptors (Lipinski definition) is 1. The van der Waals surface area contributed by atoms with Crippen LogP contribution in [0.3, 0.4) is 0 Å². The fraction of sp³-hybridized carbons (Fsp3) is 0.0800. The smallest absolute Gasteiger partial charge is 0.0541 e. The molecule has 2 heterocycles. The highest BCUT2D eigenvalue weighted by Gasteiger charge is 2.13. The van der Waals surface area contributed by atoms with Crippen LogP contribution in [0.2, 0.25) is 0 Å². The first-order valence-electron chi connectivity index (χ1n) is 18.2. The van der Waals surface area contributed by atoms with Gasteiger partial charge in [-0.2, -0.15) is 0 Å². The average molecular weight is 690 g/mol. The van der Waals surface area contributed by atoms with Crippen molar-refractivity contribution in [1.82, 2.24) is 9.13 Å². The van der Waals surface area contributed by atoms with Crippen LogP contribution in [0.5, 0.6) is 0 Å². The Hall–Kier alpha value is -6.58. The van der Waals surface area contributed by atoms with Gasteiger partial charge in [0.2, 0.25) is 0 Å². The molecule has 0 aliphatic rings. The number of nitrogens with two attached hydrogens (primary N) is 1. The van der Waals surface area contributed by atoms with Crippen molar-refractivity contribution < 1.29 is 0 Å². The standard InChI is InChI=1S/C25H21N.C21H18N2.C4H8/c1-2-3-4-5-6-12-20-13-11-14-21(19-20)26-24-17-9-7-15-22(24)23-16-8-10-18-25(23)26;1-2-19(22)15-8-7-9-16(14-15)23-20-12-5-3-10-17(20)18-11-4-6-13-21(18)23;1-3-4-2/h2-11,13-19H,1,12H2;2-14H,22H2,1H3;3-4H,1-2H3/b4-3+,6-5+;19-2-;4-3-. The van der Waals surface area contributed by atoms with Crippen LogP contribution in [0.25, 0.3) is 60.7 Å². The van der Waals surface area contributed by atoms with E-state index in [-0.39, 0.29) is 0 Å². The number of benzene rings is 6. The van der Waals surface area contributed by atoms with Crippen LogP contribution in [-0.4, -0.2) is 9.13 Å². The number of hydrogen-bond donors (Lipinski definition) is 1. The topological polar surface area (TPSA) is 35.9 Å². The molecule has 53 heavy (non-hydrogen) atoms. The van der Waals surface area contributed by atoms with Crippen molar-refractivity contribution in [2.75, 3.05) is 0 Å². The van der Waals surface area contributed by atoms with Crippen LogP contribution in [0, 0.1) is 0 Å². The quantitative estimate of drug-likeness (QED) is 0.131. The van der Waals surface area contributed by atoms with Crippen LogP contribution < -0.4 is 5.73 Å². The molecule has 8 rings (SSSR count). The Balaban J connectivity index is 0.000000166. The third kappa shape index (κ3) is 8.01. The number of rotatable bonds is 7. The largest absolute Gasteiger partial charge is 0.399 e. The Bertz CT molecular complexity index is 2490. The second-order valence-electron chi connectivity index (χ2n) is 12.6. The third-order valence-corrected chi connectivity index (χ3v) is 9.26. The number of fused-ring (bicyclic) bond motifs is 6. The number of para-hydroxylation sites is 4. The Morgan fingerprint density at radius 2 is 0.981 bits per heavy atom. The van der Waals surface area contributed by atoms with Crippen molar-refractivity contribution in [2.45, 2.75) is 27.2 Å². The fourth-order valence-corrected chi connectivity index (χ4v) is 6.64. The molecule has 0 bridgehead atoms. The summed E-state index contributed by atoms with van der Waals surface area (Å²) in [6.45, 7) is 9.64. The normalized spacial score (nSPS) is 11.8. The molecule has 0 amide bonds. The highest BCUT2D eigenvalue weighted by molar-refractivity contribution is 6.10. The van der Waals surface area contributed by atoms with E-state index in [0.717, 1.165) is 23.4 Å². The van der Waals surface area contributed by atoms with Gasteiger partial charge < -0.3 is 14.9 Å². The van der Waals surface area contributed by atoms with Gasteiger partial charge in [0.25, 0.3) is 0 Å². The van der Waals surface area contributed by atoms with E-state index in [9.17, 15) is 0 Å². The van der Waals surface area contributed by atoms with Crippen LogP contribution in [-0.2, 0) is 6.42 Å². The highest BCUT2D eigenvalue weighted by atomic mass is 15.0. The maximum absolute atomic E-state index is 6.09. The molecule has 3 nitrogen and oxygen atoms in total. The van der Waals surface area contributed by atoms with Gasteiger partial charge in [0.15, 0.2) is 0 Å². The van der Waals surface area contributed by atoms with Gasteiger partial charge in [-0.1, -0.05) is 152 Å². The Kier molecular flexibility index (Phi) is 12.0. The maximum atomic E-state index is 6.09. The van der Waals surface area contributed by atoms with Gasteiger partial charge in [0.05, 0.1) is 22.1 Å². The van der Waals surface area contributed by atoms with Gasteiger partial charge >= 0.3 is 0 Å². The summed E-state index contributed by atoms with van der Waals surface area (Å²) in [5.74, 6) is 0. The summed E-state index contributed by atoms with van der Waals surface area (Å²) in [6, 6.07) is 51.4. The molecule has 0 saturated carbocycles. The first kappa shape index (κ1) is 36.2. The fourth-order valence-electron chi connectivity index (χ4n) is 6.64. The van der Waals surface area contributed by atoms with Gasteiger partial charge in [-0.3, -0.25) is 0 Å². The van der Waals surface area contributed by atoms with Crippen molar-refractivity contribution in [1.29, 1.82) is 0 Å². The summed E-state index contributed by atoms with van der Waals surface area (Å²) in [4.78, 5) is 0. The predicted octanol–water partition coefficient (Wildman–Crippen LogP) is 13.3. The summed E-state index contributed by atoms with van der Waals surface area (Å²) in [5.41, 5.74) is 16.5. The SMILES string of the molecule is C/C=C(\N)c1cccc(-n2c3ccccc3c3ccccc32)c1.C/C=C\C.C=C/C=C/C=C/Cc1cccc(-n2c3ccccc3c3ccccc32)c1. The van der Waals surface area contributed by atoms with Crippen molar-refractivity contribution in [2.24, 2.45) is 5.73 Å².